The summed E-state index contributed by atoms with van der Waals surface area (Å²) >= 11 is 0. The number of hydrogen-bond acceptors (Lipinski definition) is 3. The van der Waals surface area contributed by atoms with Gasteiger partial charge >= 0.3 is 6.09 Å². The van der Waals surface area contributed by atoms with Crippen LogP contribution < -0.4 is 0 Å². The first-order valence-electron chi connectivity index (χ1n) is 7.65. The zero-order valence-corrected chi connectivity index (χ0v) is 13.5. The van der Waals surface area contributed by atoms with E-state index in [4.69, 9.17) is 4.74 Å². The lowest BCUT2D eigenvalue weighted by Gasteiger charge is -2.34. The zero-order chi connectivity index (χ0) is 17.9. The highest BCUT2D eigenvalue weighted by Crippen LogP contribution is 2.18. The van der Waals surface area contributed by atoms with E-state index in [1.807, 2.05) is 13.8 Å². The summed E-state index contributed by atoms with van der Waals surface area (Å²) in [6.45, 7) is 4.92. The van der Waals surface area contributed by atoms with Crippen molar-refractivity contribution >= 4 is 12.0 Å². The van der Waals surface area contributed by atoms with Gasteiger partial charge in [-0.25, -0.2) is 18.0 Å². The second-order valence-corrected chi connectivity index (χ2v) is 5.97. The van der Waals surface area contributed by atoms with Gasteiger partial charge in [0.15, 0.2) is 17.5 Å². The van der Waals surface area contributed by atoms with E-state index >= 15 is 0 Å². The lowest BCUT2D eigenvalue weighted by atomic mass is 10.1. The molecule has 1 saturated heterocycles. The summed E-state index contributed by atoms with van der Waals surface area (Å²) in [5, 5.41) is 0. The molecular weight excluding hydrogens is 325 g/mol. The van der Waals surface area contributed by atoms with Crippen LogP contribution in [0.3, 0.4) is 0 Å². The van der Waals surface area contributed by atoms with Crippen LogP contribution in [0.1, 0.15) is 24.2 Å². The Kier molecular flexibility index (Phi) is 5.69. The van der Waals surface area contributed by atoms with Gasteiger partial charge in [0.2, 0.25) is 0 Å². The van der Waals surface area contributed by atoms with Crippen molar-refractivity contribution in [3.8, 4) is 0 Å². The molecule has 2 rings (SSSR count). The van der Waals surface area contributed by atoms with Crippen molar-refractivity contribution in [2.75, 3.05) is 32.8 Å². The molecule has 0 atom stereocenters. The predicted molar refractivity (Wildman–Crippen MR) is 80.0 cm³/mol. The molecule has 1 aromatic carbocycles. The van der Waals surface area contributed by atoms with Gasteiger partial charge in [-0.2, -0.15) is 0 Å². The molecule has 0 aromatic heterocycles. The van der Waals surface area contributed by atoms with E-state index in [0.717, 1.165) is 6.07 Å². The molecule has 132 valence electrons. The van der Waals surface area contributed by atoms with Gasteiger partial charge in [-0.15, -0.1) is 0 Å². The van der Waals surface area contributed by atoms with Gasteiger partial charge < -0.3 is 14.5 Å². The van der Waals surface area contributed by atoms with Gasteiger partial charge in [0.25, 0.3) is 5.91 Å². The number of piperazine rings is 1. The van der Waals surface area contributed by atoms with Crippen molar-refractivity contribution in [3.63, 3.8) is 0 Å². The maximum atomic E-state index is 13.7. The molecule has 0 N–H and O–H groups in total. The second kappa shape index (κ2) is 7.55. The van der Waals surface area contributed by atoms with E-state index in [-0.39, 0.29) is 32.1 Å². The molecule has 1 aliphatic heterocycles. The van der Waals surface area contributed by atoms with Gasteiger partial charge in [-0.1, -0.05) is 13.8 Å². The lowest BCUT2D eigenvalue weighted by molar-refractivity contribution is 0.0531. The summed E-state index contributed by atoms with van der Waals surface area (Å²) in [7, 11) is 0. The molecule has 5 nitrogen and oxygen atoms in total. The Morgan fingerprint density at radius 1 is 1.04 bits per heavy atom. The first-order valence-corrected chi connectivity index (χ1v) is 7.65. The highest BCUT2D eigenvalue weighted by Gasteiger charge is 2.28. The third-order valence-corrected chi connectivity index (χ3v) is 3.63. The number of carbonyl (C=O) groups excluding carboxylic acids is 2. The molecule has 0 aliphatic carbocycles. The van der Waals surface area contributed by atoms with Crippen molar-refractivity contribution < 1.29 is 27.5 Å². The van der Waals surface area contributed by atoms with Crippen LogP contribution in [0.15, 0.2) is 12.1 Å². The molecule has 1 heterocycles. The number of carbonyl (C=O) groups is 2. The normalized spacial score (nSPS) is 14.9. The van der Waals surface area contributed by atoms with Gasteiger partial charge in [-0.3, -0.25) is 4.79 Å². The van der Waals surface area contributed by atoms with Crippen LogP contribution in [0, 0.1) is 23.4 Å². The van der Waals surface area contributed by atoms with E-state index in [9.17, 15) is 22.8 Å². The van der Waals surface area contributed by atoms with Crippen LogP contribution in [-0.4, -0.2) is 54.6 Å². The number of rotatable bonds is 3. The number of hydrogen-bond donors (Lipinski definition) is 0. The summed E-state index contributed by atoms with van der Waals surface area (Å²) in [6.07, 6.45) is -0.463. The average molecular weight is 344 g/mol. The molecule has 0 saturated carbocycles. The van der Waals surface area contributed by atoms with E-state index < -0.39 is 35.0 Å². The Labute approximate surface area is 138 Å². The van der Waals surface area contributed by atoms with Crippen molar-refractivity contribution in [1.82, 2.24) is 9.80 Å². The fraction of sp³-hybridized carbons (Fsp3) is 0.500. The number of nitrogens with zero attached hydrogens (tertiary/aromatic N) is 2. The molecule has 1 aromatic rings. The van der Waals surface area contributed by atoms with Gasteiger partial charge in [-0.05, 0) is 18.1 Å². The molecule has 24 heavy (non-hydrogen) atoms. The first kappa shape index (κ1) is 18.1. The van der Waals surface area contributed by atoms with Crippen molar-refractivity contribution in [2.24, 2.45) is 5.92 Å². The van der Waals surface area contributed by atoms with Crippen LogP contribution in [0.4, 0.5) is 18.0 Å². The van der Waals surface area contributed by atoms with Crippen LogP contribution in [0.5, 0.6) is 0 Å². The van der Waals surface area contributed by atoms with Gasteiger partial charge in [0.05, 0.1) is 12.2 Å². The quantitative estimate of drug-likeness (QED) is 0.792. The Morgan fingerprint density at radius 3 is 2.21 bits per heavy atom. The molecule has 1 fully saturated rings. The summed E-state index contributed by atoms with van der Waals surface area (Å²) in [5.74, 6) is -5.04. The maximum Gasteiger partial charge on any atom is 0.409 e. The number of benzene rings is 1. The third-order valence-electron chi connectivity index (χ3n) is 3.63. The largest absolute Gasteiger partial charge is 0.449 e. The molecule has 2 amide bonds. The third kappa shape index (κ3) is 3.98. The smallest absolute Gasteiger partial charge is 0.409 e. The fourth-order valence-electron chi connectivity index (χ4n) is 2.28. The molecular formula is C16H19F3N2O3. The number of ether oxygens (including phenoxy) is 1. The highest BCUT2D eigenvalue weighted by molar-refractivity contribution is 5.94. The van der Waals surface area contributed by atoms with E-state index in [0.29, 0.717) is 12.7 Å². The standard InChI is InChI=1S/C16H19F3N2O3/c1-10(2)9-24-16(23)21-7-5-20(6-8-21)15(22)11-3-4-12(17)14(19)13(11)18/h3-4,10H,5-9H2,1-2H3. The van der Waals surface area contributed by atoms with Crippen LogP contribution in [0.25, 0.3) is 0 Å². The van der Waals surface area contributed by atoms with Crippen LogP contribution >= 0.6 is 0 Å². The summed E-state index contributed by atoms with van der Waals surface area (Å²) in [6, 6.07) is 1.63. The van der Waals surface area contributed by atoms with Crippen molar-refractivity contribution in [1.29, 1.82) is 0 Å². The molecule has 0 radical (unpaired) electrons. The Morgan fingerprint density at radius 2 is 1.62 bits per heavy atom. The Balaban J connectivity index is 1.96. The fourth-order valence-corrected chi connectivity index (χ4v) is 2.28. The molecule has 0 bridgehead atoms. The summed E-state index contributed by atoms with van der Waals surface area (Å²) < 4.78 is 45.0. The maximum absolute atomic E-state index is 13.7. The SMILES string of the molecule is CC(C)COC(=O)N1CCN(C(=O)c2ccc(F)c(F)c2F)CC1. The minimum absolute atomic E-state index is 0.161. The lowest BCUT2D eigenvalue weighted by Crippen LogP contribution is -2.51. The second-order valence-electron chi connectivity index (χ2n) is 5.97. The number of amides is 2. The van der Waals surface area contributed by atoms with Gasteiger partial charge in [0, 0.05) is 26.2 Å². The van der Waals surface area contributed by atoms with Crippen LogP contribution in [-0.2, 0) is 4.74 Å². The van der Waals surface area contributed by atoms with Crippen molar-refractivity contribution in [3.05, 3.63) is 35.1 Å². The Hall–Kier alpha value is -2.25. The van der Waals surface area contributed by atoms with E-state index in [2.05, 4.69) is 0 Å². The Bertz CT molecular complexity index is 629. The monoisotopic (exact) mass is 344 g/mol. The molecule has 0 spiro atoms. The topological polar surface area (TPSA) is 49.9 Å². The van der Waals surface area contributed by atoms with E-state index in [1.54, 1.807) is 0 Å². The zero-order valence-electron chi connectivity index (χ0n) is 13.5. The van der Waals surface area contributed by atoms with Crippen LogP contribution in [0.2, 0.25) is 0 Å². The molecule has 1 aliphatic rings. The van der Waals surface area contributed by atoms with E-state index in [1.165, 1.54) is 9.80 Å². The van der Waals surface area contributed by atoms with Gasteiger partial charge in [0.1, 0.15) is 0 Å². The van der Waals surface area contributed by atoms with Crippen molar-refractivity contribution in [2.45, 2.75) is 13.8 Å². The minimum Gasteiger partial charge on any atom is -0.449 e. The summed E-state index contributed by atoms with van der Waals surface area (Å²) in [5.41, 5.74) is -0.523. The number of halogens is 3. The highest BCUT2D eigenvalue weighted by atomic mass is 19.2. The summed E-state index contributed by atoms with van der Waals surface area (Å²) in [4.78, 5) is 26.8. The average Bonchev–Trinajstić information content (AvgIpc) is 2.57. The first-order chi connectivity index (χ1) is 11.3. The molecule has 0 unspecified atom stereocenters. The minimum atomic E-state index is -1.67. The predicted octanol–water partition coefficient (Wildman–Crippen LogP) is 2.65. The molecule has 8 heteroatoms.